The van der Waals surface area contributed by atoms with Gasteiger partial charge in [0.1, 0.15) is 0 Å². The van der Waals surface area contributed by atoms with Crippen molar-refractivity contribution in [2.75, 3.05) is 13.7 Å². The predicted molar refractivity (Wildman–Crippen MR) is 83.8 cm³/mol. The second kappa shape index (κ2) is 6.97. The zero-order valence-corrected chi connectivity index (χ0v) is 13.6. The number of hydrogen-bond acceptors (Lipinski definition) is 5. The van der Waals surface area contributed by atoms with Crippen molar-refractivity contribution in [3.05, 3.63) is 53.2 Å². The molecule has 0 unspecified atom stereocenters. The van der Waals surface area contributed by atoms with E-state index in [4.69, 9.17) is 4.74 Å². The number of halogens is 3. The molecule has 2 heterocycles. The van der Waals surface area contributed by atoms with Crippen molar-refractivity contribution < 1.29 is 23.0 Å². The lowest BCUT2D eigenvalue weighted by molar-refractivity contribution is -0.138. The molecule has 5 nitrogen and oxygen atoms in total. The molecule has 1 aromatic heterocycles. The Balaban J connectivity index is 1.87. The van der Waals surface area contributed by atoms with E-state index < -0.39 is 23.9 Å². The minimum Gasteiger partial charge on any atom is -0.480 e. The largest absolute Gasteiger partial charge is 0.480 e. The first-order valence-electron chi connectivity index (χ1n) is 7.83. The summed E-state index contributed by atoms with van der Waals surface area (Å²) < 4.78 is 44.9. The highest BCUT2D eigenvalue weighted by atomic mass is 19.4. The molecule has 0 bridgehead atoms. The molecule has 0 amide bonds. The number of aliphatic hydroxyl groups excluding tert-OH is 1. The Bertz CT molecular complexity index is 722. The summed E-state index contributed by atoms with van der Waals surface area (Å²) in [5, 5.41) is 17.9. The minimum atomic E-state index is -4.43. The molecule has 1 fully saturated rings. The van der Waals surface area contributed by atoms with E-state index in [1.54, 1.807) is 23.1 Å². The fourth-order valence-corrected chi connectivity index (χ4v) is 3.17. The van der Waals surface area contributed by atoms with E-state index in [-0.39, 0.29) is 18.5 Å². The topological polar surface area (TPSA) is 58.5 Å². The second-order valence-corrected chi connectivity index (χ2v) is 5.99. The third-order valence-electron chi connectivity index (χ3n) is 4.28. The average Bonchev–Trinajstić information content (AvgIpc) is 2.95. The molecule has 1 saturated heterocycles. The lowest BCUT2D eigenvalue weighted by Gasteiger charge is -2.26. The monoisotopic (exact) mass is 353 g/mol. The van der Waals surface area contributed by atoms with Gasteiger partial charge >= 0.3 is 6.18 Å². The van der Waals surface area contributed by atoms with Crippen LogP contribution in [0.25, 0.3) is 0 Å². The number of rotatable bonds is 4. The molecule has 8 heteroatoms. The predicted octanol–water partition coefficient (Wildman–Crippen LogP) is 2.81. The summed E-state index contributed by atoms with van der Waals surface area (Å²) in [6, 6.07) is 8.33. The first-order chi connectivity index (χ1) is 11.9. The average molecular weight is 353 g/mol. The molecule has 1 aliphatic rings. The lowest BCUT2D eigenvalue weighted by atomic mass is 9.97. The van der Waals surface area contributed by atoms with Gasteiger partial charge in [-0.15, -0.1) is 5.10 Å². The van der Waals surface area contributed by atoms with Crippen molar-refractivity contribution in [1.82, 2.24) is 15.1 Å². The molecule has 1 aromatic carbocycles. The van der Waals surface area contributed by atoms with Crippen LogP contribution in [0, 0.1) is 0 Å². The van der Waals surface area contributed by atoms with Crippen LogP contribution in [0.1, 0.15) is 29.3 Å². The lowest BCUT2D eigenvalue weighted by Crippen LogP contribution is -2.26. The summed E-state index contributed by atoms with van der Waals surface area (Å²) in [5.74, 6) is 0.365. The van der Waals surface area contributed by atoms with Gasteiger partial charge in [0.05, 0.1) is 24.5 Å². The third-order valence-corrected chi connectivity index (χ3v) is 4.28. The van der Waals surface area contributed by atoms with Gasteiger partial charge in [-0.1, -0.05) is 18.2 Å². The van der Waals surface area contributed by atoms with Crippen LogP contribution in [0.2, 0.25) is 0 Å². The fourth-order valence-electron chi connectivity index (χ4n) is 3.17. The minimum absolute atomic E-state index is 0.174. The number of alkyl halides is 3. The van der Waals surface area contributed by atoms with Gasteiger partial charge in [0.15, 0.2) is 0 Å². The zero-order chi connectivity index (χ0) is 18.0. The van der Waals surface area contributed by atoms with Gasteiger partial charge in [0.2, 0.25) is 5.88 Å². The van der Waals surface area contributed by atoms with Crippen LogP contribution in [0.4, 0.5) is 13.2 Å². The molecule has 3 rings (SSSR count). The first-order valence-corrected chi connectivity index (χ1v) is 7.83. The van der Waals surface area contributed by atoms with Crippen LogP contribution in [0.5, 0.6) is 5.88 Å². The van der Waals surface area contributed by atoms with Crippen LogP contribution in [-0.4, -0.2) is 40.0 Å². The van der Waals surface area contributed by atoms with E-state index in [1.165, 1.54) is 19.2 Å². The van der Waals surface area contributed by atoms with Crippen LogP contribution < -0.4 is 4.74 Å². The van der Waals surface area contributed by atoms with Crippen molar-refractivity contribution in [1.29, 1.82) is 0 Å². The number of ether oxygens (including phenoxy) is 1. The highest BCUT2D eigenvalue weighted by Crippen LogP contribution is 2.40. The molecule has 0 spiro atoms. The summed E-state index contributed by atoms with van der Waals surface area (Å²) in [4.78, 5) is 1.80. The molecule has 0 radical (unpaired) electrons. The molecule has 0 saturated carbocycles. The highest BCUT2D eigenvalue weighted by molar-refractivity contribution is 5.33. The maximum Gasteiger partial charge on any atom is 0.416 e. The number of likely N-dealkylation sites (tertiary alicyclic amines) is 1. The first kappa shape index (κ1) is 17.6. The Labute approximate surface area is 143 Å². The summed E-state index contributed by atoms with van der Waals surface area (Å²) in [6.07, 6.45) is -4.87. The van der Waals surface area contributed by atoms with E-state index in [0.29, 0.717) is 18.1 Å². The molecular weight excluding hydrogens is 335 g/mol. The van der Waals surface area contributed by atoms with Gasteiger partial charge in [-0.05, 0) is 24.1 Å². The van der Waals surface area contributed by atoms with Gasteiger partial charge in [0.25, 0.3) is 0 Å². The smallest absolute Gasteiger partial charge is 0.416 e. The van der Waals surface area contributed by atoms with Gasteiger partial charge in [-0.2, -0.15) is 18.3 Å². The number of methoxy groups -OCH3 is 1. The van der Waals surface area contributed by atoms with Crippen LogP contribution in [0.3, 0.4) is 0 Å². The Morgan fingerprint density at radius 3 is 2.60 bits per heavy atom. The van der Waals surface area contributed by atoms with Crippen LogP contribution >= 0.6 is 0 Å². The fraction of sp³-hybridized carbons (Fsp3) is 0.412. The van der Waals surface area contributed by atoms with E-state index in [1.807, 2.05) is 0 Å². The number of aliphatic hydroxyl groups is 1. The standard InChI is InChI=1S/C17H18F3N3O2/c1-25-16-7-6-11(21-22-16)9-23-10-12(24)8-15(23)13-4-2-3-5-14(13)17(18,19)20/h2-7,12,15,24H,8-10H2,1H3/t12-,15-/m1/s1. The molecule has 25 heavy (non-hydrogen) atoms. The Morgan fingerprint density at radius 1 is 1.20 bits per heavy atom. The van der Waals surface area contributed by atoms with Crippen molar-refractivity contribution in [3.8, 4) is 5.88 Å². The van der Waals surface area contributed by atoms with Gasteiger partial charge in [0, 0.05) is 25.2 Å². The molecule has 0 aliphatic carbocycles. The highest BCUT2D eigenvalue weighted by Gasteiger charge is 2.39. The van der Waals surface area contributed by atoms with Gasteiger partial charge in [-0.25, -0.2) is 0 Å². The Morgan fingerprint density at radius 2 is 1.96 bits per heavy atom. The van der Waals surface area contributed by atoms with E-state index >= 15 is 0 Å². The Kier molecular flexibility index (Phi) is 4.91. The van der Waals surface area contributed by atoms with Crippen LogP contribution in [-0.2, 0) is 12.7 Å². The number of benzene rings is 1. The van der Waals surface area contributed by atoms with Crippen molar-refractivity contribution in [2.24, 2.45) is 0 Å². The molecule has 2 atom stereocenters. The van der Waals surface area contributed by atoms with Crippen LogP contribution in [0.15, 0.2) is 36.4 Å². The molecule has 134 valence electrons. The number of aromatic nitrogens is 2. The van der Waals surface area contributed by atoms with Crippen molar-refractivity contribution in [2.45, 2.75) is 31.3 Å². The molecular formula is C17H18F3N3O2. The van der Waals surface area contributed by atoms with Crippen molar-refractivity contribution in [3.63, 3.8) is 0 Å². The SMILES string of the molecule is COc1ccc(CN2C[C@H](O)C[C@@H]2c2ccccc2C(F)(F)F)nn1. The molecule has 1 N–H and O–H groups in total. The Hall–Kier alpha value is -2.19. The number of β-amino-alcohol motifs (C(OH)–C–C–N with tert-alkyl or cyclic N) is 1. The van der Waals surface area contributed by atoms with E-state index in [2.05, 4.69) is 10.2 Å². The quantitative estimate of drug-likeness (QED) is 0.916. The second-order valence-electron chi connectivity index (χ2n) is 5.99. The maximum atomic E-state index is 13.3. The molecule has 2 aromatic rings. The third kappa shape index (κ3) is 3.91. The number of nitrogens with zero attached hydrogens (tertiary/aromatic N) is 3. The van der Waals surface area contributed by atoms with Gasteiger partial charge in [-0.3, -0.25) is 4.90 Å². The number of hydrogen-bond donors (Lipinski definition) is 1. The van der Waals surface area contributed by atoms with E-state index in [0.717, 1.165) is 6.07 Å². The normalized spacial score (nSPS) is 21.5. The maximum absolute atomic E-state index is 13.3. The van der Waals surface area contributed by atoms with Crippen molar-refractivity contribution >= 4 is 0 Å². The van der Waals surface area contributed by atoms with E-state index in [9.17, 15) is 18.3 Å². The summed E-state index contributed by atoms with van der Waals surface area (Å²) in [6.45, 7) is 0.579. The van der Waals surface area contributed by atoms with Gasteiger partial charge < -0.3 is 9.84 Å². The summed E-state index contributed by atoms with van der Waals surface area (Å²) in [7, 11) is 1.48. The molecule has 1 aliphatic heterocycles. The summed E-state index contributed by atoms with van der Waals surface area (Å²) in [5.41, 5.74) is 0.109. The zero-order valence-electron chi connectivity index (χ0n) is 13.6. The summed E-state index contributed by atoms with van der Waals surface area (Å²) >= 11 is 0.